The van der Waals surface area contributed by atoms with E-state index in [1.54, 1.807) is 12.1 Å². The van der Waals surface area contributed by atoms with Gasteiger partial charge in [-0.15, -0.1) is 0 Å². The van der Waals surface area contributed by atoms with Gasteiger partial charge < -0.3 is 10.4 Å². The minimum Gasteiger partial charge on any atom is -0.481 e. The largest absolute Gasteiger partial charge is 0.481 e. The lowest BCUT2D eigenvalue weighted by Gasteiger charge is -2.25. The van der Waals surface area contributed by atoms with E-state index in [4.69, 9.17) is 22.0 Å². The molecular formula is C15H15ClN2O3. The Balaban J connectivity index is 2.03. The summed E-state index contributed by atoms with van der Waals surface area (Å²) in [6, 6.07) is 6.62. The number of carbonyl (C=O) groups is 2. The lowest BCUT2D eigenvalue weighted by molar-refractivity contribution is -0.143. The van der Waals surface area contributed by atoms with Gasteiger partial charge in [0.25, 0.3) is 0 Å². The molecule has 110 valence electrons. The summed E-state index contributed by atoms with van der Waals surface area (Å²) in [6.07, 6.45) is 2.43. The highest BCUT2D eigenvalue weighted by Gasteiger charge is 2.31. The Bertz CT molecular complexity index is 609. The van der Waals surface area contributed by atoms with Gasteiger partial charge in [-0.25, -0.2) is 0 Å². The molecule has 5 nitrogen and oxygen atoms in total. The molecule has 2 unspecified atom stereocenters. The number of nitrogens with one attached hydrogen (secondary N) is 1. The molecule has 0 bridgehead atoms. The second-order valence-electron chi connectivity index (χ2n) is 5.19. The van der Waals surface area contributed by atoms with E-state index in [-0.39, 0.29) is 16.8 Å². The molecule has 1 fully saturated rings. The smallest absolute Gasteiger partial charge is 0.306 e. The molecule has 0 aliphatic heterocycles. The minimum absolute atomic E-state index is 0.193. The fourth-order valence-electron chi connectivity index (χ4n) is 2.58. The Morgan fingerprint density at radius 2 is 2.05 bits per heavy atom. The molecule has 1 amide bonds. The van der Waals surface area contributed by atoms with Crippen LogP contribution < -0.4 is 5.32 Å². The van der Waals surface area contributed by atoms with Gasteiger partial charge in [0.15, 0.2) is 0 Å². The molecule has 0 spiro atoms. The molecule has 2 rings (SSSR count). The van der Waals surface area contributed by atoms with Crippen molar-refractivity contribution < 1.29 is 14.7 Å². The summed E-state index contributed by atoms with van der Waals surface area (Å²) in [6.45, 7) is 0. The standard InChI is InChI=1S/C15H15ClN2O3/c16-13-7-12(5-4-11(13)8-17)18-14(19)9-2-1-3-10(6-9)15(20)21/h4-5,7,9-10H,1-3,6H2,(H,18,19)(H,20,21). The normalized spacial score (nSPS) is 21.3. The summed E-state index contributed by atoms with van der Waals surface area (Å²) >= 11 is 5.91. The fourth-order valence-corrected chi connectivity index (χ4v) is 2.80. The van der Waals surface area contributed by atoms with E-state index in [0.717, 1.165) is 6.42 Å². The lowest BCUT2D eigenvalue weighted by Crippen LogP contribution is -2.30. The molecular weight excluding hydrogens is 292 g/mol. The van der Waals surface area contributed by atoms with E-state index >= 15 is 0 Å². The molecule has 1 aromatic carbocycles. The monoisotopic (exact) mass is 306 g/mol. The zero-order chi connectivity index (χ0) is 15.4. The van der Waals surface area contributed by atoms with Crippen LogP contribution in [-0.4, -0.2) is 17.0 Å². The predicted molar refractivity (Wildman–Crippen MR) is 77.9 cm³/mol. The highest BCUT2D eigenvalue weighted by molar-refractivity contribution is 6.32. The van der Waals surface area contributed by atoms with Crippen LogP contribution in [0.15, 0.2) is 18.2 Å². The molecule has 1 saturated carbocycles. The molecule has 0 radical (unpaired) electrons. The zero-order valence-corrected chi connectivity index (χ0v) is 12.1. The van der Waals surface area contributed by atoms with Crippen LogP contribution in [0.3, 0.4) is 0 Å². The van der Waals surface area contributed by atoms with Gasteiger partial charge in [0.1, 0.15) is 6.07 Å². The highest BCUT2D eigenvalue weighted by atomic mass is 35.5. The van der Waals surface area contributed by atoms with Gasteiger partial charge in [-0.3, -0.25) is 9.59 Å². The molecule has 1 aliphatic carbocycles. The van der Waals surface area contributed by atoms with Crippen LogP contribution >= 0.6 is 11.6 Å². The predicted octanol–water partition coefficient (Wildman–Crippen LogP) is 3.04. The number of nitrogens with zero attached hydrogens (tertiary/aromatic N) is 1. The Morgan fingerprint density at radius 3 is 2.67 bits per heavy atom. The van der Waals surface area contributed by atoms with Crippen LogP contribution in [0.1, 0.15) is 31.2 Å². The van der Waals surface area contributed by atoms with Gasteiger partial charge in [0, 0.05) is 11.6 Å². The first-order valence-electron chi connectivity index (χ1n) is 6.74. The van der Waals surface area contributed by atoms with Crippen LogP contribution in [0.5, 0.6) is 0 Å². The van der Waals surface area contributed by atoms with Crippen molar-refractivity contribution in [1.29, 1.82) is 5.26 Å². The van der Waals surface area contributed by atoms with Crippen molar-refractivity contribution in [3.05, 3.63) is 28.8 Å². The van der Waals surface area contributed by atoms with Crippen molar-refractivity contribution in [3.8, 4) is 6.07 Å². The molecule has 0 heterocycles. The zero-order valence-electron chi connectivity index (χ0n) is 11.3. The number of benzene rings is 1. The van der Waals surface area contributed by atoms with E-state index < -0.39 is 11.9 Å². The van der Waals surface area contributed by atoms with Crippen molar-refractivity contribution in [1.82, 2.24) is 0 Å². The van der Waals surface area contributed by atoms with Crippen LogP contribution in [0.4, 0.5) is 5.69 Å². The number of anilines is 1. The van der Waals surface area contributed by atoms with E-state index in [1.165, 1.54) is 6.07 Å². The first-order chi connectivity index (χ1) is 10.0. The highest BCUT2D eigenvalue weighted by Crippen LogP contribution is 2.30. The number of rotatable bonds is 3. The van der Waals surface area contributed by atoms with Crippen molar-refractivity contribution in [3.63, 3.8) is 0 Å². The molecule has 2 atom stereocenters. The Kier molecular flexibility index (Phi) is 4.81. The molecule has 0 saturated heterocycles. The van der Waals surface area contributed by atoms with Crippen molar-refractivity contribution >= 4 is 29.2 Å². The molecule has 6 heteroatoms. The maximum atomic E-state index is 12.2. The molecule has 1 aromatic rings. The number of amides is 1. The molecule has 21 heavy (non-hydrogen) atoms. The van der Waals surface area contributed by atoms with Crippen LogP contribution in [0.25, 0.3) is 0 Å². The Labute approximate surface area is 127 Å². The van der Waals surface area contributed by atoms with Crippen molar-refractivity contribution in [2.75, 3.05) is 5.32 Å². The van der Waals surface area contributed by atoms with E-state index in [0.29, 0.717) is 30.5 Å². The van der Waals surface area contributed by atoms with E-state index in [2.05, 4.69) is 5.32 Å². The van der Waals surface area contributed by atoms with Gasteiger partial charge >= 0.3 is 5.97 Å². The number of hydrogen-bond acceptors (Lipinski definition) is 3. The topological polar surface area (TPSA) is 90.2 Å². The number of aliphatic carboxylic acids is 1. The van der Waals surface area contributed by atoms with E-state index in [1.807, 2.05) is 6.07 Å². The van der Waals surface area contributed by atoms with Crippen LogP contribution in [0, 0.1) is 23.2 Å². The maximum Gasteiger partial charge on any atom is 0.306 e. The maximum absolute atomic E-state index is 12.2. The lowest BCUT2D eigenvalue weighted by atomic mass is 9.81. The number of nitriles is 1. The van der Waals surface area contributed by atoms with Crippen LogP contribution in [0.2, 0.25) is 5.02 Å². The third-order valence-corrected chi connectivity index (χ3v) is 4.06. The van der Waals surface area contributed by atoms with E-state index in [9.17, 15) is 9.59 Å². The minimum atomic E-state index is -0.839. The quantitative estimate of drug-likeness (QED) is 0.898. The number of carboxylic acid groups (broad SMARTS) is 1. The van der Waals surface area contributed by atoms with Crippen molar-refractivity contribution in [2.45, 2.75) is 25.7 Å². The van der Waals surface area contributed by atoms with Gasteiger partial charge in [0.2, 0.25) is 5.91 Å². The van der Waals surface area contributed by atoms with Gasteiger partial charge in [-0.2, -0.15) is 5.26 Å². The number of carbonyl (C=O) groups excluding carboxylic acids is 1. The van der Waals surface area contributed by atoms with Gasteiger partial charge in [-0.1, -0.05) is 18.0 Å². The summed E-state index contributed by atoms with van der Waals surface area (Å²) in [5.41, 5.74) is 0.861. The molecule has 2 N–H and O–H groups in total. The number of carboxylic acids is 1. The SMILES string of the molecule is N#Cc1ccc(NC(=O)C2CCCC(C(=O)O)C2)cc1Cl. The Hall–Kier alpha value is -2.06. The summed E-state index contributed by atoms with van der Waals surface area (Å²) in [7, 11) is 0. The fraction of sp³-hybridized carbons (Fsp3) is 0.400. The van der Waals surface area contributed by atoms with Gasteiger partial charge in [-0.05, 0) is 37.5 Å². The second-order valence-corrected chi connectivity index (χ2v) is 5.60. The van der Waals surface area contributed by atoms with Crippen molar-refractivity contribution in [2.24, 2.45) is 11.8 Å². The summed E-state index contributed by atoms with van der Waals surface area (Å²) < 4.78 is 0. The van der Waals surface area contributed by atoms with Gasteiger partial charge in [0.05, 0.1) is 16.5 Å². The molecule has 0 aromatic heterocycles. The third kappa shape index (κ3) is 3.73. The summed E-state index contributed by atoms with van der Waals surface area (Å²) in [5, 5.41) is 20.9. The molecule has 1 aliphatic rings. The average Bonchev–Trinajstić information content (AvgIpc) is 2.47. The first-order valence-corrected chi connectivity index (χ1v) is 7.12. The third-order valence-electron chi connectivity index (χ3n) is 3.75. The second kappa shape index (κ2) is 6.59. The first kappa shape index (κ1) is 15.3. The summed E-state index contributed by atoms with van der Waals surface area (Å²) in [4.78, 5) is 23.2. The van der Waals surface area contributed by atoms with Crippen LogP contribution in [-0.2, 0) is 9.59 Å². The number of halogens is 1. The Morgan fingerprint density at radius 1 is 1.33 bits per heavy atom. The number of hydrogen-bond donors (Lipinski definition) is 2. The average molecular weight is 307 g/mol. The summed E-state index contributed by atoms with van der Waals surface area (Å²) in [5.74, 6) is -1.77.